The molecule has 4 aliphatic heterocycles. The number of aromatic nitrogens is 1. The van der Waals surface area contributed by atoms with Crippen LogP contribution in [0.15, 0.2) is 36.4 Å². The molecule has 2 fully saturated rings. The van der Waals surface area contributed by atoms with E-state index < -0.39 is 35.5 Å². The number of amides is 7. The van der Waals surface area contributed by atoms with Crippen LogP contribution in [0.4, 0.5) is 15.8 Å². The molecule has 3 aromatic rings. The lowest BCUT2D eigenvalue weighted by Crippen LogP contribution is -2.54. The van der Waals surface area contributed by atoms with Gasteiger partial charge in [-0.15, -0.1) is 0 Å². The Kier molecular flexibility index (Phi) is 12.4. The number of carbonyl (C=O) groups excluding carboxylic acids is 7. The standard InChI is InChI=1S/C43H49FN8O7/c1-25-33(24-30-29-23-27(44)12-13-31(29)48-39(30)55)47-26(2)37(25)41(57)46-17-18-50-19-21-51(22-20-50)36(54)11-6-4-3-5-7-16-45-32-10-8-9-28-38(32)43(59)52(42(28)58)34-14-15-35(53)49-40(34)56/h8-10,12-13,23-24,34,45,47H,3-7,11,14-22H2,1-2H3,(H,46,57)(H,48,55)(H,49,53,56)/b30-24-. The summed E-state index contributed by atoms with van der Waals surface area (Å²) >= 11 is 0. The van der Waals surface area contributed by atoms with Crippen molar-refractivity contribution in [2.75, 3.05) is 56.4 Å². The minimum absolute atomic E-state index is 0.0668. The molecule has 0 aliphatic carbocycles. The number of nitrogens with one attached hydrogen (secondary N) is 5. The van der Waals surface area contributed by atoms with Crippen LogP contribution in [-0.4, -0.2) is 113 Å². The normalized spacial score (nSPS) is 18.6. The third-order valence-corrected chi connectivity index (χ3v) is 11.5. The number of piperidine rings is 1. The summed E-state index contributed by atoms with van der Waals surface area (Å²) in [5, 5.41) is 11.2. The number of fused-ring (bicyclic) bond motifs is 2. The van der Waals surface area contributed by atoms with E-state index in [1.54, 1.807) is 31.2 Å². The highest BCUT2D eigenvalue weighted by Gasteiger charge is 2.45. The Labute approximate surface area is 341 Å². The predicted octanol–water partition coefficient (Wildman–Crippen LogP) is 3.99. The molecular weight excluding hydrogens is 760 g/mol. The highest BCUT2D eigenvalue weighted by Crippen LogP contribution is 2.35. The smallest absolute Gasteiger partial charge is 0.264 e. The molecule has 2 saturated heterocycles. The second kappa shape index (κ2) is 17.8. The largest absolute Gasteiger partial charge is 0.384 e. The highest BCUT2D eigenvalue weighted by atomic mass is 19.1. The first-order valence-electron chi connectivity index (χ1n) is 20.3. The topological polar surface area (TPSA) is 193 Å². The van der Waals surface area contributed by atoms with Gasteiger partial charge in [0, 0.05) is 87.0 Å². The van der Waals surface area contributed by atoms with Crippen molar-refractivity contribution in [3.8, 4) is 0 Å². The monoisotopic (exact) mass is 808 g/mol. The van der Waals surface area contributed by atoms with Gasteiger partial charge in [-0.2, -0.15) is 0 Å². The summed E-state index contributed by atoms with van der Waals surface area (Å²) < 4.78 is 13.9. The van der Waals surface area contributed by atoms with E-state index >= 15 is 0 Å². The molecule has 0 spiro atoms. The summed E-state index contributed by atoms with van der Waals surface area (Å²) in [6.45, 7) is 8.00. The van der Waals surface area contributed by atoms with Gasteiger partial charge in [0.05, 0.1) is 22.3 Å². The van der Waals surface area contributed by atoms with E-state index in [-0.39, 0.29) is 41.7 Å². The van der Waals surface area contributed by atoms with Gasteiger partial charge in [0.25, 0.3) is 23.6 Å². The maximum absolute atomic E-state index is 13.9. The lowest BCUT2D eigenvalue weighted by molar-refractivity contribution is -0.136. The van der Waals surface area contributed by atoms with Crippen LogP contribution in [0.2, 0.25) is 0 Å². The SMILES string of the molecule is Cc1[nH]c(/C=C2\C(=O)Nc3ccc(F)cc32)c(C)c1C(=O)NCCN1CCN(C(=O)CCCCCCCNc2cccc3c2C(=O)N(C2CCC(=O)NC2=O)C3=O)CC1. The first kappa shape index (κ1) is 41.0. The highest BCUT2D eigenvalue weighted by molar-refractivity contribution is 6.35. The van der Waals surface area contributed by atoms with Crippen LogP contribution in [-0.2, 0) is 19.2 Å². The summed E-state index contributed by atoms with van der Waals surface area (Å²) in [7, 11) is 0. The van der Waals surface area contributed by atoms with E-state index in [0.29, 0.717) is 84.2 Å². The molecule has 1 aromatic heterocycles. The number of nitrogens with zero attached hydrogens (tertiary/aromatic N) is 3. The van der Waals surface area contributed by atoms with Crippen molar-refractivity contribution in [2.45, 2.75) is 71.3 Å². The van der Waals surface area contributed by atoms with E-state index in [1.165, 1.54) is 18.2 Å². The summed E-state index contributed by atoms with van der Waals surface area (Å²) in [4.78, 5) is 97.4. The Morgan fingerprint density at radius 3 is 2.42 bits per heavy atom. The Bertz CT molecular complexity index is 2240. The number of aromatic amines is 1. The number of anilines is 2. The molecule has 2 aromatic carbocycles. The molecule has 7 rings (SSSR count). The van der Waals surface area contributed by atoms with Crippen molar-refractivity contribution in [2.24, 2.45) is 0 Å². The lowest BCUT2D eigenvalue weighted by atomic mass is 10.0. The van der Waals surface area contributed by atoms with E-state index in [4.69, 9.17) is 0 Å². The van der Waals surface area contributed by atoms with Crippen molar-refractivity contribution in [1.82, 2.24) is 30.3 Å². The molecule has 0 radical (unpaired) electrons. The molecule has 4 aliphatic rings. The Hall–Kier alpha value is -6.16. The molecule has 7 amide bonds. The minimum Gasteiger partial charge on any atom is -0.384 e. The van der Waals surface area contributed by atoms with Crippen molar-refractivity contribution < 1.29 is 38.0 Å². The molecule has 1 atom stereocenters. The van der Waals surface area contributed by atoms with Crippen molar-refractivity contribution in [1.29, 1.82) is 0 Å². The fraction of sp³-hybridized carbons (Fsp3) is 0.419. The van der Waals surface area contributed by atoms with E-state index in [1.807, 2.05) is 11.8 Å². The summed E-state index contributed by atoms with van der Waals surface area (Å²) in [5.74, 6) is -2.96. The third-order valence-electron chi connectivity index (χ3n) is 11.5. The molecule has 15 nitrogen and oxygen atoms in total. The van der Waals surface area contributed by atoms with E-state index in [0.717, 1.165) is 50.1 Å². The van der Waals surface area contributed by atoms with Crippen LogP contribution in [0.1, 0.15) is 105 Å². The molecule has 5 heterocycles. The zero-order valence-corrected chi connectivity index (χ0v) is 33.3. The Morgan fingerprint density at radius 2 is 1.64 bits per heavy atom. The minimum atomic E-state index is -1.01. The predicted molar refractivity (Wildman–Crippen MR) is 218 cm³/mol. The zero-order valence-electron chi connectivity index (χ0n) is 33.3. The van der Waals surface area contributed by atoms with Gasteiger partial charge in [-0.3, -0.25) is 48.7 Å². The quantitative estimate of drug-likeness (QED) is 0.0858. The van der Waals surface area contributed by atoms with Gasteiger partial charge in [-0.05, 0) is 75.1 Å². The maximum Gasteiger partial charge on any atom is 0.264 e. The average Bonchev–Trinajstić information content (AvgIpc) is 3.78. The molecule has 310 valence electrons. The van der Waals surface area contributed by atoms with Crippen LogP contribution in [0.3, 0.4) is 0 Å². The average molecular weight is 809 g/mol. The number of hydrogen-bond acceptors (Lipinski definition) is 9. The molecule has 1 unspecified atom stereocenters. The molecular formula is C43H49FN8O7. The van der Waals surface area contributed by atoms with Crippen molar-refractivity contribution in [3.05, 3.63) is 81.4 Å². The van der Waals surface area contributed by atoms with Crippen molar-refractivity contribution in [3.63, 3.8) is 0 Å². The van der Waals surface area contributed by atoms with Gasteiger partial charge in [0.1, 0.15) is 11.9 Å². The number of unbranched alkanes of at least 4 members (excludes halogenated alkanes) is 4. The number of imide groups is 2. The molecule has 5 N–H and O–H groups in total. The second-order valence-electron chi connectivity index (χ2n) is 15.5. The lowest BCUT2D eigenvalue weighted by Gasteiger charge is -2.34. The van der Waals surface area contributed by atoms with Crippen LogP contribution >= 0.6 is 0 Å². The third kappa shape index (κ3) is 8.82. The maximum atomic E-state index is 13.9. The number of aryl methyl sites for hydroxylation is 1. The van der Waals surface area contributed by atoms with Crippen LogP contribution in [0.25, 0.3) is 11.6 Å². The van der Waals surface area contributed by atoms with Gasteiger partial charge < -0.3 is 25.8 Å². The molecule has 0 bridgehead atoms. The summed E-state index contributed by atoms with van der Waals surface area (Å²) in [5.41, 5.74) is 4.87. The molecule has 59 heavy (non-hydrogen) atoms. The fourth-order valence-electron chi connectivity index (χ4n) is 8.32. The number of halogens is 1. The number of rotatable bonds is 15. The number of carbonyl (C=O) groups is 7. The number of hydrogen-bond donors (Lipinski definition) is 5. The van der Waals surface area contributed by atoms with Crippen LogP contribution < -0.4 is 21.3 Å². The van der Waals surface area contributed by atoms with E-state index in [9.17, 15) is 38.0 Å². The van der Waals surface area contributed by atoms with Crippen molar-refractivity contribution >= 4 is 64.4 Å². The summed E-state index contributed by atoms with van der Waals surface area (Å²) in [6, 6.07) is 8.16. The first-order valence-corrected chi connectivity index (χ1v) is 20.3. The van der Waals surface area contributed by atoms with Crippen LogP contribution in [0, 0.1) is 19.7 Å². The fourth-order valence-corrected chi connectivity index (χ4v) is 8.32. The second-order valence-corrected chi connectivity index (χ2v) is 15.5. The van der Waals surface area contributed by atoms with Gasteiger partial charge in [-0.25, -0.2) is 4.39 Å². The number of H-pyrrole nitrogens is 1. The number of piperazine rings is 1. The van der Waals surface area contributed by atoms with Gasteiger partial charge in [0.2, 0.25) is 17.7 Å². The Balaban J connectivity index is 0.768. The van der Waals surface area contributed by atoms with Gasteiger partial charge in [-0.1, -0.05) is 25.3 Å². The van der Waals surface area contributed by atoms with E-state index in [2.05, 4.69) is 31.2 Å². The Morgan fingerprint density at radius 1 is 0.881 bits per heavy atom. The van der Waals surface area contributed by atoms with Crippen LogP contribution in [0.5, 0.6) is 0 Å². The zero-order chi connectivity index (χ0) is 41.8. The molecule has 0 saturated carbocycles. The molecule has 16 heteroatoms. The number of benzene rings is 2. The summed E-state index contributed by atoms with van der Waals surface area (Å²) in [6.07, 6.45) is 6.75. The van der Waals surface area contributed by atoms with Gasteiger partial charge in [0.15, 0.2) is 0 Å². The van der Waals surface area contributed by atoms with Gasteiger partial charge >= 0.3 is 0 Å². The first-order chi connectivity index (χ1) is 28.4.